The highest BCUT2D eigenvalue weighted by molar-refractivity contribution is 6.10. The van der Waals surface area contributed by atoms with Crippen LogP contribution in [0.4, 0.5) is 13.2 Å². The standard InChI is InChI=1S/C20H20F3NO/c21-20(22,23)18-11-5-4-10-17(18)19(25)16-9-3-2-8-15(16)14-24-12-6-1-7-13-24/h2-5,8-11H,1,6-7,12-14H2. The third-order valence-electron chi connectivity index (χ3n) is 4.58. The van der Waals surface area contributed by atoms with Gasteiger partial charge in [0.15, 0.2) is 5.78 Å². The minimum Gasteiger partial charge on any atom is -0.299 e. The quantitative estimate of drug-likeness (QED) is 0.732. The van der Waals surface area contributed by atoms with Gasteiger partial charge < -0.3 is 0 Å². The molecule has 1 saturated heterocycles. The highest BCUT2D eigenvalue weighted by Gasteiger charge is 2.35. The van der Waals surface area contributed by atoms with Crippen LogP contribution >= 0.6 is 0 Å². The van der Waals surface area contributed by atoms with Crippen molar-refractivity contribution in [2.75, 3.05) is 13.1 Å². The third kappa shape index (κ3) is 4.10. The maximum atomic E-state index is 13.2. The zero-order valence-corrected chi connectivity index (χ0v) is 13.9. The molecule has 0 aromatic heterocycles. The maximum absolute atomic E-state index is 13.2. The number of carbonyl (C=O) groups excluding carboxylic acids is 1. The summed E-state index contributed by atoms with van der Waals surface area (Å²) in [5.74, 6) is -0.569. The number of hydrogen-bond donors (Lipinski definition) is 0. The van der Waals surface area contributed by atoms with Gasteiger partial charge >= 0.3 is 6.18 Å². The first-order valence-electron chi connectivity index (χ1n) is 8.48. The molecule has 1 aliphatic heterocycles. The number of alkyl halides is 3. The van der Waals surface area contributed by atoms with Crippen LogP contribution in [0.25, 0.3) is 0 Å². The van der Waals surface area contributed by atoms with Gasteiger partial charge in [0.25, 0.3) is 0 Å². The van der Waals surface area contributed by atoms with E-state index in [1.54, 1.807) is 12.1 Å². The van der Waals surface area contributed by atoms with Crippen LogP contribution in [0.5, 0.6) is 0 Å². The van der Waals surface area contributed by atoms with Crippen molar-refractivity contribution < 1.29 is 18.0 Å². The van der Waals surface area contributed by atoms with E-state index in [0.29, 0.717) is 12.1 Å². The van der Waals surface area contributed by atoms with E-state index in [-0.39, 0.29) is 5.56 Å². The van der Waals surface area contributed by atoms with Crippen molar-refractivity contribution in [1.29, 1.82) is 0 Å². The summed E-state index contributed by atoms with van der Waals surface area (Å²) in [4.78, 5) is 15.1. The minimum atomic E-state index is -4.55. The first-order chi connectivity index (χ1) is 12.0. The summed E-state index contributed by atoms with van der Waals surface area (Å²) in [6.45, 7) is 2.51. The maximum Gasteiger partial charge on any atom is 0.417 e. The lowest BCUT2D eigenvalue weighted by atomic mass is 9.94. The van der Waals surface area contributed by atoms with Gasteiger partial charge in [0.2, 0.25) is 0 Å². The van der Waals surface area contributed by atoms with Crippen molar-refractivity contribution in [3.8, 4) is 0 Å². The third-order valence-corrected chi connectivity index (χ3v) is 4.58. The molecule has 0 unspecified atom stereocenters. The molecular formula is C20H20F3NO. The van der Waals surface area contributed by atoms with Crippen molar-refractivity contribution in [1.82, 2.24) is 4.90 Å². The number of carbonyl (C=O) groups is 1. The lowest BCUT2D eigenvalue weighted by molar-refractivity contribution is -0.137. The Morgan fingerprint density at radius 2 is 1.48 bits per heavy atom. The summed E-state index contributed by atoms with van der Waals surface area (Å²) in [5, 5.41) is 0. The number of benzene rings is 2. The van der Waals surface area contributed by atoms with E-state index in [1.165, 1.54) is 24.6 Å². The fraction of sp³-hybridized carbons (Fsp3) is 0.350. The van der Waals surface area contributed by atoms with E-state index in [2.05, 4.69) is 4.90 Å². The summed E-state index contributed by atoms with van der Waals surface area (Å²) in [6.07, 6.45) is -1.11. The van der Waals surface area contributed by atoms with E-state index in [4.69, 9.17) is 0 Å². The van der Waals surface area contributed by atoms with Crippen molar-refractivity contribution in [3.63, 3.8) is 0 Å². The molecule has 2 aromatic rings. The molecule has 0 radical (unpaired) electrons. The van der Waals surface area contributed by atoms with Crippen molar-refractivity contribution in [2.45, 2.75) is 32.0 Å². The van der Waals surface area contributed by atoms with Gasteiger partial charge in [0.05, 0.1) is 5.56 Å². The first-order valence-corrected chi connectivity index (χ1v) is 8.48. The van der Waals surface area contributed by atoms with E-state index in [1.807, 2.05) is 12.1 Å². The molecule has 1 heterocycles. The van der Waals surface area contributed by atoms with Gasteiger partial charge in [-0.1, -0.05) is 48.9 Å². The van der Waals surface area contributed by atoms with Gasteiger partial charge in [0.1, 0.15) is 0 Å². The Kier molecular flexibility index (Phi) is 5.23. The Morgan fingerprint density at radius 1 is 0.880 bits per heavy atom. The Labute approximate surface area is 145 Å². The summed E-state index contributed by atoms with van der Waals surface area (Å²) < 4.78 is 39.7. The monoisotopic (exact) mass is 347 g/mol. The van der Waals surface area contributed by atoms with Gasteiger partial charge in [0, 0.05) is 17.7 Å². The fourth-order valence-corrected chi connectivity index (χ4v) is 3.31. The van der Waals surface area contributed by atoms with E-state index < -0.39 is 17.5 Å². The second-order valence-electron chi connectivity index (χ2n) is 6.37. The predicted octanol–water partition coefficient (Wildman–Crippen LogP) is 4.92. The highest BCUT2D eigenvalue weighted by Crippen LogP contribution is 2.33. The van der Waals surface area contributed by atoms with Crippen molar-refractivity contribution >= 4 is 5.78 Å². The zero-order chi connectivity index (χ0) is 17.9. The minimum absolute atomic E-state index is 0.291. The second kappa shape index (κ2) is 7.40. The lowest BCUT2D eigenvalue weighted by Gasteiger charge is -2.27. The predicted molar refractivity (Wildman–Crippen MR) is 90.4 cm³/mol. The van der Waals surface area contributed by atoms with Gasteiger partial charge in [-0.3, -0.25) is 9.69 Å². The van der Waals surface area contributed by atoms with Gasteiger partial charge in [-0.15, -0.1) is 0 Å². The average Bonchev–Trinajstić information content (AvgIpc) is 2.62. The number of nitrogens with zero attached hydrogens (tertiary/aromatic N) is 1. The van der Waals surface area contributed by atoms with E-state index in [0.717, 1.165) is 37.6 Å². The molecule has 2 nitrogen and oxygen atoms in total. The van der Waals surface area contributed by atoms with Crippen LogP contribution in [0.2, 0.25) is 0 Å². The molecule has 0 saturated carbocycles. The number of piperidine rings is 1. The normalized spacial score (nSPS) is 16.0. The molecular weight excluding hydrogens is 327 g/mol. The van der Waals surface area contributed by atoms with Crippen LogP contribution < -0.4 is 0 Å². The SMILES string of the molecule is O=C(c1ccccc1CN1CCCCC1)c1ccccc1C(F)(F)F. The number of halogens is 3. The highest BCUT2D eigenvalue weighted by atomic mass is 19.4. The summed E-state index contributed by atoms with van der Waals surface area (Å²) in [7, 11) is 0. The molecule has 5 heteroatoms. The Balaban J connectivity index is 1.93. The van der Waals surface area contributed by atoms with E-state index >= 15 is 0 Å². The molecule has 0 bridgehead atoms. The first kappa shape index (κ1) is 17.7. The van der Waals surface area contributed by atoms with Crippen LogP contribution in [0.1, 0.15) is 46.3 Å². The van der Waals surface area contributed by atoms with Crippen LogP contribution in [-0.4, -0.2) is 23.8 Å². The van der Waals surface area contributed by atoms with Crippen LogP contribution in [0.15, 0.2) is 48.5 Å². The number of ketones is 1. The van der Waals surface area contributed by atoms with Crippen molar-refractivity contribution in [2.24, 2.45) is 0 Å². The summed E-state index contributed by atoms with van der Waals surface area (Å²) >= 11 is 0. The van der Waals surface area contributed by atoms with Gasteiger partial charge in [-0.05, 0) is 37.6 Å². The Bertz CT molecular complexity index is 749. The van der Waals surface area contributed by atoms with Gasteiger partial charge in [-0.25, -0.2) is 0 Å². The van der Waals surface area contributed by atoms with Crippen molar-refractivity contribution in [3.05, 3.63) is 70.8 Å². The molecule has 3 rings (SSSR count). The lowest BCUT2D eigenvalue weighted by Crippen LogP contribution is -2.29. The van der Waals surface area contributed by atoms with E-state index in [9.17, 15) is 18.0 Å². The molecule has 132 valence electrons. The zero-order valence-electron chi connectivity index (χ0n) is 13.9. The van der Waals surface area contributed by atoms with Gasteiger partial charge in [-0.2, -0.15) is 13.2 Å². The summed E-state index contributed by atoms with van der Waals surface area (Å²) in [6, 6.07) is 12.0. The topological polar surface area (TPSA) is 20.3 Å². The Morgan fingerprint density at radius 3 is 2.16 bits per heavy atom. The van der Waals surface area contributed by atoms with Crippen LogP contribution in [0, 0.1) is 0 Å². The number of likely N-dealkylation sites (tertiary alicyclic amines) is 1. The molecule has 0 spiro atoms. The average molecular weight is 347 g/mol. The van der Waals surface area contributed by atoms with Crippen LogP contribution in [0.3, 0.4) is 0 Å². The molecule has 0 aliphatic carbocycles. The fourth-order valence-electron chi connectivity index (χ4n) is 3.31. The molecule has 0 N–H and O–H groups in total. The molecule has 1 aliphatic rings. The molecule has 1 fully saturated rings. The smallest absolute Gasteiger partial charge is 0.299 e. The Hall–Kier alpha value is -2.14. The molecule has 25 heavy (non-hydrogen) atoms. The summed E-state index contributed by atoms with van der Waals surface area (Å²) in [5.41, 5.74) is -0.0370. The molecule has 0 amide bonds. The number of rotatable bonds is 4. The molecule has 2 aromatic carbocycles. The largest absolute Gasteiger partial charge is 0.417 e. The van der Waals surface area contributed by atoms with Crippen LogP contribution in [-0.2, 0) is 12.7 Å². The second-order valence-corrected chi connectivity index (χ2v) is 6.37. The number of hydrogen-bond acceptors (Lipinski definition) is 2. The molecule has 0 atom stereocenters.